The third-order valence-electron chi connectivity index (χ3n) is 5.28. The van der Waals surface area contributed by atoms with Crippen molar-refractivity contribution in [3.05, 3.63) is 35.4 Å². The van der Waals surface area contributed by atoms with Crippen LogP contribution < -0.4 is 5.73 Å². The minimum Gasteiger partial charge on any atom is -0.329 e. The average molecular weight is 288 g/mol. The molecule has 0 aromatic heterocycles. The summed E-state index contributed by atoms with van der Waals surface area (Å²) in [6.07, 6.45) is 6.18. The summed E-state index contributed by atoms with van der Waals surface area (Å²) in [4.78, 5) is 2.67. The average Bonchev–Trinajstić information content (AvgIpc) is 2.56. The molecule has 1 aromatic rings. The second kappa shape index (κ2) is 7.95. The van der Waals surface area contributed by atoms with E-state index < -0.39 is 0 Å². The summed E-state index contributed by atoms with van der Waals surface area (Å²) >= 11 is 0. The molecule has 1 saturated heterocycles. The summed E-state index contributed by atoms with van der Waals surface area (Å²) in [7, 11) is 0. The van der Waals surface area contributed by atoms with Crippen LogP contribution in [-0.2, 0) is 6.42 Å². The molecule has 0 spiro atoms. The molecule has 2 nitrogen and oxygen atoms in total. The van der Waals surface area contributed by atoms with Gasteiger partial charge in [-0.15, -0.1) is 0 Å². The van der Waals surface area contributed by atoms with Crippen molar-refractivity contribution < 1.29 is 0 Å². The zero-order valence-electron chi connectivity index (χ0n) is 14.0. The normalized spacial score (nSPS) is 25.0. The molecule has 0 bridgehead atoms. The van der Waals surface area contributed by atoms with E-state index in [-0.39, 0.29) is 0 Å². The van der Waals surface area contributed by atoms with Crippen LogP contribution >= 0.6 is 0 Å². The van der Waals surface area contributed by atoms with Gasteiger partial charge >= 0.3 is 0 Å². The van der Waals surface area contributed by atoms with E-state index in [1.807, 2.05) is 0 Å². The van der Waals surface area contributed by atoms with Gasteiger partial charge < -0.3 is 5.73 Å². The predicted molar refractivity (Wildman–Crippen MR) is 91.4 cm³/mol. The van der Waals surface area contributed by atoms with Gasteiger partial charge in [0.2, 0.25) is 0 Å². The Balaban J connectivity index is 2.15. The van der Waals surface area contributed by atoms with Gasteiger partial charge in [0.1, 0.15) is 0 Å². The topological polar surface area (TPSA) is 29.3 Å². The summed E-state index contributed by atoms with van der Waals surface area (Å²) in [6, 6.07) is 10.3. The number of aryl methyl sites for hydroxylation is 1. The predicted octanol–water partition coefficient (Wildman–Crippen LogP) is 4.15. The maximum absolute atomic E-state index is 6.09. The highest BCUT2D eigenvalue weighted by molar-refractivity contribution is 5.25. The van der Waals surface area contributed by atoms with Crippen molar-refractivity contribution in [1.29, 1.82) is 0 Å². The Kier molecular flexibility index (Phi) is 6.25. The number of likely N-dealkylation sites (tertiary alicyclic amines) is 1. The first-order chi connectivity index (χ1) is 10.2. The molecule has 2 N–H and O–H groups in total. The van der Waals surface area contributed by atoms with Crippen LogP contribution in [0.5, 0.6) is 0 Å². The largest absolute Gasteiger partial charge is 0.329 e. The summed E-state index contributed by atoms with van der Waals surface area (Å²) in [6.45, 7) is 8.83. The van der Waals surface area contributed by atoms with E-state index >= 15 is 0 Å². The highest BCUT2D eigenvalue weighted by Crippen LogP contribution is 2.33. The van der Waals surface area contributed by atoms with Crippen LogP contribution in [0.15, 0.2) is 24.3 Å². The molecule has 3 atom stereocenters. The molecule has 1 aromatic carbocycles. The van der Waals surface area contributed by atoms with Crippen molar-refractivity contribution in [2.24, 2.45) is 11.7 Å². The van der Waals surface area contributed by atoms with Crippen LogP contribution in [0.3, 0.4) is 0 Å². The van der Waals surface area contributed by atoms with Crippen LogP contribution in [0.25, 0.3) is 0 Å². The molecule has 1 fully saturated rings. The van der Waals surface area contributed by atoms with Gasteiger partial charge in [0.05, 0.1) is 0 Å². The molecule has 0 saturated carbocycles. The van der Waals surface area contributed by atoms with Gasteiger partial charge in [0.25, 0.3) is 0 Å². The van der Waals surface area contributed by atoms with Crippen molar-refractivity contribution in [2.45, 2.75) is 65.0 Å². The van der Waals surface area contributed by atoms with Crippen LogP contribution in [-0.4, -0.2) is 24.0 Å². The highest BCUT2D eigenvalue weighted by atomic mass is 15.2. The minimum atomic E-state index is 0.530. The van der Waals surface area contributed by atoms with Gasteiger partial charge in [0, 0.05) is 18.6 Å². The summed E-state index contributed by atoms with van der Waals surface area (Å²) in [5, 5.41) is 0. The lowest BCUT2D eigenvalue weighted by atomic mass is 9.86. The molecule has 1 heterocycles. The maximum Gasteiger partial charge on any atom is 0.0348 e. The zero-order valence-corrected chi connectivity index (χ0v) is 14.0. The Morgan fingerprint density at radius 1 is 1.19 bits per heavy atom. The number of hydrogen-bond acceptors (Lipinski definition) is 2. The van der Waals surface area contributed by atoms with E-state index in [0.29, 0.717) is 12.1 Å². The van der Waals surface area contributed by atoms with Crippen molar-refractivity contribution in [3.8, 4) is 0 Å². The molecule has 118 valence electrons. The van der Waals surface area contributed by atoms with E-state index in [4.69, 9.17) is 5.73 Å². The summed E-state index contributed by atoms with van der Waals surface area (Å²) < 4.78 is 0. The molecule has 3 unspecified atom stereocenters. The Hall–Kier alpha value is -0.860. The second-order valence-corrected chi connectivity index (χ2v) is 6.45. The molecular weight excluding hydrogens is 256 g/mol. The number of nitrogens with zero attached hydrogens (tertiary/aromatic N) is 1. The first-order valence-corrected chi connectivity index (χ1v) is 8.78. The van der Waals surface area contributed by atoms with E-state index in [2.05, 4.69) is 49.9 Å². The Morgan fingerprint density at radius 2 is 1.90 bits per heavy atom. The quantitative estimate of drug-likeness (QED) is 0.852. The van der Waals surface area contributed by atoms with Crippen LogP contribution in [0.2, 0.25) is 0 Å². The Bertz CT molecular complexity index is 412. The van der Waals surface area contributed by atoms with Gasteiger partial charge in [-0.05, 0) is 49.3 Å². The monoisotopic (exact) mass is 288 g/mol. The van der Waals surface area contributed by atoms with E-state index in [0.717, 1.165) is 18.9 Å². The molecule has 2 heteroatoms. The molecule has 2 rings (SSSR count). The third kappa shape index (κ3) is 3.87. The van der Waals surface area contributed by atoms with Crippen molar-refractivity contribution in [2.75, 3.05) is 13.1 Å². The van der Waals surface area contributed by atoms with Crippen LogP contribution in [0.1, 0.15) is 63.6 Å². The molecule has 1 aliphatic rings. The number of rotatable bonds is 6. The van der Waals surface area contributed by atoms with E-state index in [1.54, 1.807) is 0 Å². The van der Waals surface area contributed by atoms with Crippen LogP contribution in [0.4, 0.5) is 0 Å². The number of piperidine rings is 1. The highest BCUT2D eigenvalue weighted by Gasteiger charge is 2.31. The summed E-state index contributed by atoms with van der Waals surface area (Å²) in [5.74, 6) is 0.870. The molecule has 0 amide bonds. The fourth-order valence-electron chi connectivity index (χ4n) is 3.80. The van der Waals surface area contributed by atoms with Crippen molar-refractivity contribution >= 4 is 0 Å². The second-order valence-electron chi connectivity index (χ2n) is 6.45. The molecule has 1 aliphatic heterocycles. The van der Waals surface area contributed by atoms with Crippen LogP contribution in [0, 0.1) is 5.92 Å². The van der Waals surface area contributed by atoms with Gasteiger partial charge in [-0.25, -0.2) is 0 Å². The minimum absolute atomic E-state index is 0.530. The van der Waals surface area contributed by atoms with Gasteiger partial charge in [-0.1, -0.05) is 51.5 Å². The Labute approximate surface area is 130 Å². The van der Waals surface area contributed by atoms with Gasteiger partial charge in [-0.3, -0.25) is 4.90 Å². The fourth-order valence-corrected chi connectivity index (χ4v) is 3.80. The number of hydrogen-bond donors (Lipinski definition) is 1. The maximum atomic E-state index is 6.09. The zero-order chi connectivity index (χ0) is 15.2. The molecule has 0 radical (unpaired) electrons. The number of nitrogens with two attached hydrogens (primary N) is 1. The molecular formula is C19H32N2. The van der Waals surface area contributed by atoms with Crippen molar-refractivity contribution in [3.63, 3.8) is 0 Å². The fraction of sp³-hybridized carbons (Fsp3) is 0.684. The van der Waals surface area contributed by atoms with Crippen molar-refractivity contribution in [1.82, 2.24) is 4.90 Å². The Morgan fingerprint density at radius 3 is 2.43 bits per heavy atom. The smallest absolute Gasteiger partial charge is 0.0348 e. The van der Waals surface area contributed by atoms with Gasteiger partial charge in [-0.2, -0.15) is 0 Å². The number of benzene rings is 1. The standard InChI is InChI=1S/C19H32N2/c1-4-15-7-9-17(10-8-15)19(6-3)21-12-11-16(5-2)13-18(21)14-20/h7-10,16,18-19H,4-6,11-14,20H2,1-3H3. The molecule has 21 heavy (non-hydrogen) atoms. The molecule has 0 aliphatic carbocycles. The van der Waals surface area contributed by atoms with E-state index in [1.165, 1.54) is 43.4 Å². The first-order valence-electron chi connectivity index (χ1n) is 8.78. The van der Waals surface area contributed by atoms with E-state index in [9.17, 15) is 0 Å². The lowest BCUT2D eigenvalue weighted by Gasteiger charge is -2.43. The van der Waals surface area contributed by atoms with Gasteiger partial charge in [0.15, 0.2) is 0 Å². The first kappa shape index (κ1) is 16.5. The SMILES string of the molecule is CCc1ccc(C(CC)N2CCC(CC)CC2CN)cc1. The summed E-state index contributed by atoms with van der Waals surface area (Å²) in [5.41, 5.74) is 8.97. The lowest BCUT2D eigenvalue weighted by molar-refractivity contribution is 0.0677. The lowest BCUT2D eigenvalue weighted by Crippen LogP contribution is -2.48. The third-order valence-corrected chi connectivity index (χ3v) is 5.28.